The maximum atomic E-state index is 13.0. The highest BCUT2D eigenvalue weighted by Gasteiger charge is 2.28. The molecular weight excluding hydrogens is 352 g/mol. The fourth-order valence-corrected chi connectivity index (χ4v) is 3.79. The first-order valence-electron chi connectivity index (χ1n) is 9.56. The van der Waals surface area contributed by atoms with E-state index >= 15 is 0 Å². The Morgan fingerprint density at radius 3 is 2.64 bits per heavy atom. The van der Waals surface area contributed by atoms with Crippen molar-refractivity contribution < 1.29 is 14.3 Å². The maximum absolute atomic E-state index is 13.0. The first-order chi connectivity index (χ1) is 13.5. The van der Waals surface area contributed by atoms with E-state index in [0.717, 1.165) is 35.3 Å². The second-order valence-electron chi connectivity index (χ2n) is 7.25. The van der Waals surface area contributed by atoms with Crippen LogP contribution in [0.2, 0.25) is 0 Å². The fourth-order valence-electron chi connectivity index (χ4n) is 3.79. The SMILES string of the molecule is COc1c(C)cc(C(=O)C2CCCN(C(=O)C=Cc3cccnc3)C2)cc1C. The van der Waals surface area contributed by atoms with Crippen molar-refractivity contribution in [3.8, 4) is 5.75 Å². The average molecular weight is 378 g/mol. The van der Waals surface area contributed by atoms with Crippen LogP contribution in [0.4, 0.5) is 0 Å². The molecule has 0 N–H and O–H groups in total. The third-order valence-electron chi connectivity index (χ3n) is 5.16. The lowest BCUT2D eigenvalue weighted by atomic mass is 9.88. The summed E-state index contributed by atoms with van der Waals surface area (Å²) >= 11 is 0. The molecule has 28 heavy (non-hydrogen) atoms. The zero-order chi connectivity index (χ0) is 20.1. The number of piperidine rings is 1. The molecule has 1 atom stereocenters. The van der Waals surface area contributed by atoms with Gasteiger partial charge in [-0.2, -0.15) is 0 Å². The van der Waals surface area contributed by atoms with Gasteiger partial charge in [-0.05, 0) is 67.7 Å². The number of hydrogen-bond donors (Lipinski definition) is 0. The molecule has 1 amide bonds. The van der Waals surface area contributed by atoms with Crippen molar-refractivity contribution >= 4 is 17.8 Å². The zero-order valence-electron chi connectivity index (χ0n) is 16.6. The second-order valence-corrected chi connectivity index (χ2v) is 7.25. The van der Waals surface area contributed by atoms with Crippen molar-refractivity contribution in [3.63, 3.8) is 0 Å². The molecule has 0 spiro atoms. The lowest BCUT2D eigenvalue weighted by Crippen LogP contribution is -2.41. The molecule has 5 nitrogen and oxygen atoms in total. The van der Waals surface area contributed by atoms with E-state index in [4.69, 9.17) is 4.74 Å². The molecule has 1 fully saturated rings. The molecule has 2 aromatic rings. The molecule has 0 saturated carbocycles. The third-order valence-corrected chi connectivity index (χ3v) is 5.16. The largest absolute Gasteiger partial charge is 0.496 e. The van der Waals surface area contributed by atoms with Gasteiger partial charge in [0.2, 0.25) is 5.91 Å². The molecule has 1 saturated heterocycles. The Bertz CT molecular complexity index is 867. The van der Waals surface area contributed by atoms with Crippen molar-refractivity contribution in [2.24, 2.45) is 5.92 Å². The predicted molar refractivity (Wildman–Crippen MR) is 109 cm³/mol. The number of aromatic nitrogens is 1. The van der Waals surface area contributed by atoms with Gasteiger partial charge in [0.1, 0.15) is 5.75 Å². The summed E-state index contributed by atoms with van der Waals surface area (Å²) < 4.78 is 5.39. The third kappa shape index (κ3) is 4.47. The summed E-state index contributed by atoms with van der Waals surface area (Å²) in [6.07, 6.45) is 8.36. The number of Topliss-reactive ketones (excluding diaryl/α,β-unsaturated/α-hetero) is 1. The molecule has 0 bridgehead atoms. The summed E-state index contributed by atoms with van der Waals surface area (Å²) in [6, 6.07) is 7.50. The first kappa shape index (κ1) is 19.8. The molecule has 5 heteroatoms. The molecule has 1 aliphatic heterocycles. The van der Waals surface area contributed by atoms with Crippen LogP contribution in [0.1, 0.15) is 39.9 Å². The van der Waals surface area contributed by atoms with Gasteiger partial charge in [0.25, 0.3) is 0 Å². The van der Waals surface area contributed by atoms with E-state index in [1.807, 2.05) is 38.1 Å². The van der Waals surface area contributed by atoms with E-state index < -0.39 is 0 Å². The van der Waals surface area contributed by atoms with Gasteiger partial charge < -0.3 is 9.64 Å². The molecule has 1 aliphatic rings. The summed E-state index contributed by atoms with van der Waals surface area (Å²) in [6.45, 7) is 5.03. The lowest BCUT2D eigenvalue weighted by Gasteiger charge is -2.31. The zero-order valence-corrected chi connectivity index (χ0v) is 16.6. The van der Waals surface area contributed by atoms with Gasteiger partial charge >= 0.3 is 0 Å². The lowest BCUT2D eigenvalue weighted by molar-refractivity contribution is -0.127. The van der Waals surface area contributed by atoms with Crippen LogP contribution in [-0.2, 0) is 4.79 Å². The van der Waals surface area contributed by atoms with Gasteiger partial charge in [-0.15, -0.1) is 0 Å². The molecule has 0 radical (unpaired) electrons. The summed E-state index contributed by atoms with van der Waals surface area (Å²) in [5.41, 5.74) is 3.48. The fraction of sp³-hybridized carbons (Fsp3) is 0.348. The number of benzene rings is 1. The van der Waals surface area contributed by atoms with E-state index in [9.17, 15) is 9.59 Å². The van der Waals surface area contributed by atoms with Crippen LogP contribution in [0.3, 0.4) is 0 Å². The second kappa shape index (κ2) is 8.83. The molecule has 2 heterocycles. The number of pyridine rings is 1. The standard InChI is InChI=1S/C23H26N2O3/c1-16-12-20(13-17(2)23(16)28-3)22(27)19-7-5-11-25(15-19)21(26)9-8-18-6-4-10-24-14-18/h4,6,8-10,12-14,19H,5,7,11,15H2,1-3H3. The molecule has 3 rings (SSSR count). The number of hydrogen-bond acceptors (Lipinski definition) is 4. The van der Waals surface area contributed by atoms with Crippen LogP contribution in [-0.4, -0.2) is 41.8 Å². The topological polar surface area (TPSA) is 59.5 Å². The highest BCUT2D eigenvalue weighted by atomic mass is 16.5. The van der Waals surface area contributed by atoms with Crippen molar-refractivity contribution in [1.82, 2.24) is 9.88 Å². The van der Waals surface area contributed by atoms with Crippen LogP contribution < -0.4 is 4.74 Å². The molecule has 1 aromatic heterocycles. The minimum absolute atomic E-state index is 0.0663. The van der Waals surface area contributed by atoms with Gasteiger partial charge in [-0.25, -0.2) is 0 Å². The number of likely N-dealkylation sites (tertiary alicyclic amines) is 1. The Hall–Kier alpha value is -2.95. The van der Waals surface area contributed by atoms with Crippen LogP contribution in [0.15, 0.2) is 42.7 Å². The van der Waals surface area contributed by atoms with Crippen molar-refractivity contribution in [3.05, 3.63) is 65.0 Å². The first-order valence-corrected chi connectivity index (χ1v) is 9.56. The van der Waals surface area contributed by atoms with Crippen LogP contribution >= 0.6 is 0 Å². The summed E-state index contributed by atoms with van der Waals surface area (Å²) in [7, 11) is 1.64. The predicted octanol–water partition coefficient (Wildman–Crippen LogP) is 3.84. The van der Waals surface area contributed by atoms with Crippen LogP contribution in [0.25, 0.3) is 6.08 Å². The number of ketones is 1. The summed E-state index contributed by atoms with van der Waals surface area (Å²) in [4.78, 5) is 31.4. The number of ether oxygens (including phenoxy) is 1. The normalized spacial score (nSPS) is 17.0. The van der Waals surface area contributed by atoms with Gasteiger partial charge in [-0.1, -0.05) is 6.07 Å². The Balaban J connectivity index is 1.70. The van der Waals surface area contributed by atoms with Gasteiger partial charge in [0.15, 0.2) is 5.78 Å². The molecule has 0 aliphatic carbocycles. The van der Waals surface area contributed by atoms with Gasteiger partial charge in [-0.3, -0.25) is 14.6 Å². The van der Waals surface area contributed by atoms with E-state index in [1.54, 1.807) is 36.6 Å². The number of nitrogens with zero attached hydrogens (tertiary/aromatic N) is 2. The molecule has 1 aromatic carbocycles. The minimum Gasteiger partial charge on any atom is -0.496 e. The van der Waals surface area contributed by atoms with E-state index in [0.29, 0.717) is 18.7 Å². The molecule has 146 valence electrons. The quantitative estimate of drug-likeness (QED) is 0.586. The molecular formula is C23H26N2O3. The number of aryl methyl sites for hydroxylation is 2. The average Bonchev–Trinajstić information content (AvgIpc) is 2.72. The Morgan fingerprint density at radius 1 is 1.25 bits per heavy atom. The van der Waals surface area contributed by atoms with Gasteiger partial charge in [0, 0.05) is 43.0 Å². The Labute approximate surface area is 166 Å². The summed E-state index contributed by atoms with van der Waals surface area (Å²) in [5.74, 6) is 0.681. The van der Waals surface area contributed by atoms with Gasteiger partial charge in [0.05, 0.1) is 7.11 Å². The van der Waals surface area contributed by atoms with Crippen molar-refractivity contribution in [2.75, 3.05) is 20.2 Å². The van der Waals surface area contributed by atoms with Crippen molar-refractivity contribution in [2.45, 2.75) is 26.7 Å². The smallest absolute Gasteiger partial charge is 0.246 e. The number of carbonyl (C=O) groups excluding carboxylic acids is 2. The molecule has 1 unspecified atom stereocenters. The van der Waals surface area contributed by atoms with Crippen LogP contribution in [0.5, 0.6) is 5.75 Å². The van der Waals surface area contributed by atoms with E-state index in [1.165, 1.54) is 0 Å². The Morgan fingerprint density at radius 2 is 2.00 bits per heavy atom. The highest BCUT2D eigenvalue weighted by molar-refractivity contribution is 5.99. The number of rotatable bonds is 5. The monoisotopic (exact) mass is 378 g/mol. The minimum atomic E-state index is -0.170. The maximum Gasteiger partial charge on any atom is 0.246 e. The summed E-state index contributed by atoms with van der Waals surface area (Å²) in [5, 5.41) is 0. The van der Waals surface area contributed by atoms with Crippen molar-refractivity contribution in [1.29, 1.82) is 0 Å². The number of amides is 1. The van der Waals surface area contributed by atoms with Crippen LogP contribution in [0, 0.1) is 19.8 Å². The highest BCUT2D eigenvalue weighted by Crippen LogP contribution is 2.28. The number of methoxy groups -OCH3 is 1. The van der Waals surface area contributed by atoms with E-state index in [-0.39, 0.29) is 17.6 Å². The Kier molecular flexibility index (Phi) is 6.24. The van der Waals surface area contributed by atoms with E-state index in [2.05, 4.69) is 4.98 Å². The number of carbonyl (C=O) groups is 2.